The van der Waals surface area contributed by atoms with Gasteiger partial charge in [-0.2, -0.15) is 5.10 Å². The maximum atomic E-state index is 4.84. The van der Waals surface area contributed by atoms with Crippen LogP contribution in [-0.2, 0) is 0 Å². The average molecular weight is 371 g/mol. The Balaban J connectivity index is 1.52. The van der Waals surface area contributed by atoms with Crippen LogP contribution < -0.4 is 10.2 Å². The highest BCUT2D eigenvalue weighted by molar-refractivity contribution is 5.77. The number of imidazole rings is 1. The molecule has 1 unspecified atom stereocenters. The fourth-order valence-corrected chi connectivity index (χ4v) is 3.73. The van der Waals surface area contributed by atoms with E-state index >= 15 is 0 Å². The summed E-state index contributed by atoms with van der Waals surface area (Å²) in [4.78, 5) is 15.9. The molecule has 0 aromatic carbocycles. The van der Waals surface area contributed by atoms with E-state index in [0.717, 1.165) is 40.8 Å². The second kappa shape index (κ2) is 6.92. The van der Waals surface area contributed by atoms with E-state index in [9.17, 15) is 0 Å². The van der Waals surface area contributed by atoms with Crippen molar-refractivity contribution in [2.75, 3.05) is 16.8 Å². The van der Waals surface area contributed by atoms with Crippen molar-refractivity contribution < 1.29 is 0 Å². The van der Waals surface area contributed by atoms with Gasteiger partial charge >= 0.3 is 0 Å². The van der Waals surface area contributed by atoms with E-state index in [1.807, 2.05) is 42.7 Å². The van der Waals surface area contributed by atoms with Gasteiger partial charge in [0, 0.05) is 42.9 Å². The van der Waals surface area contributed by atoms with Crippen LogP contribution in [0.25, 0.3) is 16.9 Å². The Morgan fingerprint density at radius 3 is 2.93 bits per heavy atom. The number of aromatic nitrogens is 5. The first-order valence-electron chi connectivity index (χ1n) is 9.53. The molecule has 0 amide bonds. The van der Waals surface area contributed by atoms with Crippen molar-refractivity contribution in [3.05, 3.63) is 61.2 Å². The Morgan fingerprint density at radius 1 is 1.14 bits per heavy atom. The number of fused-ring (bicyclic) bond motifs is 1. The third-order valence-corrected chi connectivity index (χ3v) is 5.16. The van der Waals surface area contributed by atoms with Crippen molar-refractivity contribution in [1.82, 2.24) is 24.6 Å². The molecule has 1 atom stereocenters. The lowest BCUT2D eigenvalue weighted by Crippen LogP contribution is -2.27. The van der Waals surface area contributed by atoms with Gasteiger partial charge in [0.2, 0.25) is 0 Å². The molecule has 4 aromatic rings. The largest absolute Gasteiger partial charge is 0.354 e. The number of pyridine rings is 2. The molecule has 7 nitrogen and oxygen atoms in total. The summed E-state index contributed by atoms with van der Waals surface area (Å²) >= 11 is 0. The molecule has 0 bridgehead atoms. The van der Waals surface area contributed by atoms with Gasteiger partial charge in [0.15, 0.2) is 5.65 Å². The summed E-state index contributed by atoms with van der Waals surface area (Å²) in [6.45, 7) is 3.31. The molecule has 0 aliphatic carbocycles. The van der Waals surface area contributed by atoms with E-state index in [1.165, 1.54) is 12.8 Å². The summed E-state index contributed by atoms with van der Waals surface area (Å²) in [5, 5.41) is 8.08. The summed E-state index contributed by atoms with van der Waals surface area (Å²) in [5.74, 6) is 1.81. The third-order valence-electron chi connectivity index (χ3n) is 5.16. The van der Waals surface area contributed by atoms with Crippen LogP contribution in [0.1, 0.15) is 19.8 Å². The van der Waals surface area contributed by atoms with Gasteiger partial charge in [0.1, 0.15) is 11.6 Å². The summed E-state index contributed by atoms with van der Waals surface area (Å²) in [5.41, 5.74) is 3.39. The lowest BCUT2D eigenvalue weighted by molar-refractivity contribution is 0.727. The molecule has 0 radical (unpaired) electrons. The van der Waals surface area contributed by atoms with Crippen LogP contribution in [-0.4, -0.2) is 37.2 Å². The molecule has 5 rings (SSSR count). The van der Waals surface area contributed by atoms with Gasteiger partial charge in [0.05, 0.1) is 11.4 Å². The van der Waals surface area contributed by atoms with Gasteiger partial charge in [-0.25, -0.2) is 14.5 Å². The Labute approximate surface area is 163 Å². The molecular weight excluding hydrogens is 350 g/mol. The summed E-state index contributed by atoms with van der Waals surface area (Å²) in [7, 11) is 0. The average Bonchev–Trinajstić information content (AvgIpc) is 3.38. The molecule has 1 fully saturated rings. The number of anilines is 3. The molecule has 28 heavy (non-hydrogen) atoms. The molecule has 1 saturated heterocycles. The molecule has 140 valence electrons. The van der Waals surface area contributed by atoms with Crippen LogP contribution in [0.2, 0.25) is 0 Å². The molecule has 1 N–H and O–H groups in total. The Hall–Kier alpha value is -3.48. The molecule has 1 aliphatic rings. The quantitative estimate of drug-likeness (QED) is 0.586. The van der Waals surface area contributed by atoms with Gasteiger partial charge in [-0.3, -0.25) is 4.98 Å². The zero-order valence-corrected chi connectivity index (χ0v) is 15.7. The lowest BCUT2D eigenvalue weighted by atomic mass is 10.2. The molecule has 4 aromatic heterocycles. The second-order valence-corrected chi connectivity index (χ2v) is 7.07. The Kier molecular flexibility index (Phi) is 4.12. The Bertz CT molecular complexity index is 1110. The lowest BCUT2D eigenvalue weighted by Gasteiger charge is -2.23. The smallest absolute Gasteiger partial charge is 0.177 e. The van der Waals surface area contributed by atoms with Crippen molar-refractivity contribution in [3.8, 4) is 11.3 Å². The first-order chi connectivity index (χ1) is 13.8. The minimum absolute atomic E-state index is 0.528. The van der Waals surface area contributed by atoms with E-state index < -0.39 is 0 Å². The maximum absolute atomic E-state index is 4.84. The fraction of sp³-hybridized carbons (Fsp3) is 0.238. The van der Waals surface area contributed by atoms with Crippen molar-refractivity contribution in [1.29, 1.82) is 0 Å². The SMILES string of the molecule is CC1CCCN1c1cccc(Nc2cc(-c3cccnc3)nn3ccnc23)n1. The highest BCUT2D eigenvalue weighted by Crippen LogP contribution is 2.28. The van der Waals surface area contributed by atoms with Gasteiger partial charge in [-0.15, -0.1) is 0 Å². The minimum Gasteiger partial charge on any atom is -0.354 e. The van der Waals surface area contributed by atoms with Gasteiger partial charge < -0.3 is 10.2 Å². The third kappa shape index (κ3) is 3.05. The minimum atomic E-state index is 0.528. The van der Waals surface area contributed by atoms with Crippen LogP contribution in [0.4, 0.5) is 17.3 Å². The number of hydrogen-bond donors (Lipinski definition) is 1. The van der Waals surface area contributed by atoms with Crippen LogP contribution in [0.5, 0.6) is 0 Å². The summed E-state index contributed by atoms with van der Waals surface area (Å²) in [6.07, 6.45) is 9.59. The van der Waals surface area contributed by atoms with Gasteiger partial charge in [-0.1, -0.05) is 6.07 Å². The highest BCUT2D eigenvalue weighted by atomic mass is 15.3. The zero-order valence-electron chi connectivity index (χ0n) is 15.7. The second-order valence-electron chi connectivity index (χ2n) is 7.07. The molecule has 5 heterocycles. The monoisotopic (exact) mass is 371 g/mol. The number of nitrogens with one attached hydrogen (secondary N) is 1. The predicted octanol–water partition coefficient (Wildman–Crippen LogP) is 3.92. The molecule has 1 aliphatic heterocycles. The van der Waals surface area contributed by atoms with Crippen molar-refractivity contribution in [2.45, 2.75) is 25.8 Å². The summed E-state index contributed by atoms with van der Waals surface area (Å²) < 4.78 is 1.77. The van der Waals surface area contributed by atoms with Gasteiger partial charge in [0.25, 0.3) is 0 Å². The highest BCUT2D eigenvalue weighted by Gasteiger charge is 2.21. The van der Waals surface area contributed by atoms with E-state index in [0.29, 0.717) is 6.04 Å². The molecule has 0 saturated carbocycles. The zero-order chi connectivity index (χ0) is 18.9. The normalized spacial score (nSPS) is 16.6. The number of nitrogens with zero attached hydrogens (tertiary/aromatic N) is 6. The van der Waals surface area contributed by atoms with Crippen molar-refractivity contribution in [3.63, 3.8) is 0 Å². The standard InChI is InChI=1S/C21H21N7/c1-15-5-4-11-27(15)20-8-2-7-19(25-20)24-18-13-17(16-6-3-9-22-14-16)26-28-12-10-23-21(18)28/h2-3,6-10,12-15H,4-5,11H2,1H3,(H,24,25). The van der Waals surface area contributed by atoms with Crippen LogP contribution >= 0.6 is 0 Å². The molecule has 7 heteroatoms. The fourth-order valence-electron chi connectivity index (χ4n) is 3.73. The van der Waals surface area contributed by atoms with E-state index in [-0.39, 0.29) is 0 Å². The van der Waals surface area contributed by atoms with Crippen LogP contribution in [0.15, 0.2) is 61.2 Å². The molecular formula is C21H21N7. The first kappa shape index (κ1) is 16.7. The van der Waals surface area contributed by atoms with Gasteiger partial charge in [-0.05, 0) is 50.1 Å². The number of hydrogen-bond acceptors (Lipinski definition) is 6. The van der Waals surface area contributed by atoms with Crippen molar-refractivity contribution >= 4 is 23.0 Å². The van der Waals surface area contributed by atoms with Crippen molar-refractivity contribution in [2.24, 2.45) is 0 Å². The molecule has 0 spiro atoms. The van der Waals surface area contributed by atoms with E-state index in [2.05, 4.69) is 38.3 Å². The topological polar surface area (TPSA) is 71.2 Å². The summed E-state index contributed by atoms with van der Waals surface area (Å²) in [6, 6.07) is 12.5. The number of rotatable bonds is 4. The maximum Gasteiger partial charge on any atom is 0.177 e. The van der Waals surface area contributed by atoms with Crippen LogP contribution in [0, 0.1) is 0 Å². The van der Waals surface area contributed by atoms with E-state index in [4.69, 9.17) is 4.98 Å². The predicted molar refractivity (Wildman–Crippen MR) is 110 cm³/mol. The van der Waals surface area contributed by atoms with Crippen LogP contribution in [0.3, 0.4) is 0 Å². The first-order valence-corrected chi connectivity index (χ1v) is 9.53. The van der Waals surface area contributed by atoms with E-state index in [1.54, 1.807) is 16.9 Å². The Morgan fingerprint density at radius 2 is 2.11 bits per heavy atom.